The van der Waals surface area contributed by atoms with Gasteiger partial charge in [0.1, 0.15) is 0 Å². The minimum absolute atomic E-state index is 0.0685. The van der Waals surface area contributed by atoms with Crippen molar-refractivity contribution in [2.75, 3.05) is 13.2 Å². The molecule has 0 saturated carbocycles. The smallest absolute Gasteiger partial charge is 0.244 e. The van der Waals surface area contributed by atoms with Gasteiger partial charge in [0, 0.05) is 36.7 Å². The molecule has 1 unspecified atom stereocenters. The molecule has 1 N–H and O–H groups in total. The Balaban J connectivity index is 1.73. The number of nitrogens with one attached hydrogen (secondary N) is 1. The Morgan fingerprint density at radius 2 is 2.04 bits per heavy atom. The number of aromatic nitrogens is 1. The fourth-order valence-corrected chi connectivity index (χ4v) is 3.26. The van der Waals surface area contributed by atoms with Crippen LogP contribution in [0, 0.1) is 5.92 Å². The summed E-state index contributed by atoms with van der Waals surface area (Å²) in [5, 5.41) is 3.75. The van der Waals surface area contributed by atoms with E-state index in [1.54, 1.807) is 18.3 Å². The van der Waals surface area contributed by atoms with Crippen molar-refractivity contribution in [3.8, 4) is 0 Å². The highest BCUT2D eigenvalue weighted by atomic mass is 35.5. The van der Waals surface area contributed by atoms with Gasteiger partial charge in [-0.1, -0.05) is 35.9 Å². The molecule has 130 valence electrons. The number of halogens is 1. The summed E-state index contributed by atoms with van der Waals surface area (Å²) in [6.45, 7) is 1.46. The van der Waals surface area contributed by atoms with E-state index < -0.39 is 0 Å². The second-order valence-electron chi connectivity index (χ2n) is 6.08. The Labute approximate surface area is 152 Å². The number of carbonyl (C=O) groups is 1. The van der Waals surface area contributed by atoms with Gasteiger partial charge in [0.05, 0.1) is 6.04 Å². The van der Waals surface area contributed by atoms with Gasteiger partial charge in [-0.25, -0.2) is 0 Å². The predicted octanol–water partition coefficient (Wildman–Crippen LogP) is 4.03. The Bertz CT molecular complexity index is 727. The lowest BCUT2D eigenvalue weighted by molar-refractivity contribution is -0.117. The monoisotopic (exact) mass is 356 g/mol. The molecule has 1 aromatic carbocycles. The van der Waals surface area contributed by atoms with Gasteiger partial charge < -0.3 is 10.1 Å². The van der Waals surface area contributed by atoms with Gasteiger partial charge in [0.15, 0.2) is 0 Å². The molecule has 0 bridgehead atoms. The summed E-state index contributed by atoms with van der Waals surface area (Å²) in [4.78, 5) is 16.7. The van der Waals surface area contributed by atoms with Crippen molar-refractivity contribution in [2.45, 2.75) is 18.9 Å². The zero-order valence-corrected chi connectivity index (χ0v) is 14.7. The standard InChI is InChI=1S/C20H21ClN2O2/c21-18-6-2-1-4-15(18)7-8-19(24)23-20(16-9-12-25-13-10-16)17-5-3-11-22-14-17/h1-8,11,14,16,20H,9-10,12-13H2,(H,23,24)/b8-7+. The van der Waals surface area contributed by atoms with E-state index in [4.69, 9.17) is 16.3 Å². The quantitative estimate of drug-likeness (QED) is 0.823. The van der Waals surface area contributed by atoms with Crippen molar-refractivity contribution < 1.29 is 9.53 Å². The Hall–Kier alpha value is -2.17. The number of hydrogen-bond acceptors (Lipinski definition) is 3. The van der Waals surface area contributed by atoms with E-state index in [1.807, 2.05) is 36.5 Å². The number of ether oxygens (including phenoxy) is 1. The van der Waals surface area contributed by atoms with E-state index in [0.717, 1.165) is 37.2 Å². The summed E-state index contributed by atoms with van der Waals surface area (Å²) >= 11 is 6.13. The van der Waals surface area contributed by atoms with Gasteiger partial charge in [-0.3, -0.25) is 9.78 Å². The van der Waals surface area contributed by atoms with Crippen LogP contribution >= 0.6 is 11.6 Å². The molecular formula is C20H21ClN2O2. The summed E-state index contributed by atoms with van der Waals surface area (Å²) in [5.41, 5.74) is 1.84. The van der Waals surface area contributed by atoms with E-state index in [9.17, 15) is 4.79 Å². The molecule has 2 aromatic rings. The van der Waals surface area contributed by atoms with Crippen molar-refractivity contribution in [3.05, 3.63) is 71.0 Å². The average Bonchev–Trinajstić information content (AvgIpc) is 2.67. The molecule has 1 saturated heterocycles. The maximum absolute atomic E-state index is 12.5. The van der Waals surface area contributed by atoms with Crippen LogP contribution in [0.4, 0.5) is 0 Å². The first-order valence-electron chi connectivity index (χ1n) is 8.45. The number of benzene rings is 1. The van der Waals surface area contributed by atoms with Crippen LogP contribution < -0.4 is 5.32 Å². The molecule has 25 heavy (non-hydrogen) atoms. The van der Waals surface area contributed by atoms with E-state index in [0.29, 0.717) is 10.9 Å². The van der Waals surface area contributed by atoms with Crippen LogP contribution in [0.1, 0.15) is 30.0 Å². The number of nitrogens with zero attached hydrogens (tertiary/aromatic N) is 1. The highest BCUT2D eigenvalue weighted by Gasteiger charge is 2.26. The van der Waals surface area contributed by atoms with Crippen LogP contribution in [-0.2, 0) is 9.53 Å². The van der Waals surface area contributed by atoms with Crippen molar-refractivity contribution in [1.29, 1.82) is 0 Å². The fraction of sp³-hybridized carbons (Fsp3) is 0.300. The second kappa shape index (κ2) is 8.79. The zero-order chi connectivity index (χ0) is 17.5. The first-order chi connectivity index (χ1) is 12.2. The number of hydrogen-bond donors (Lipinski definition) is 1. The lowest BCUT2D eigenvalue weighted by Crippen LogP contribution is -2.35. The molecular weight excluding hydrogens is 336 g/mol. The van der Waals surface area contributed by atoms with E-state index in [2.05, 4.69) is 10.3 Å². The molecule has 0 spiro atoms. The van der Waals surface area contributed by atoms with E-state index in [-0.39, 0.29) is 11.9 Å². The first-order valence-corrected chi connectivity index (χ1v) is 8.82. The van der Waals surface area contributed by atoms with Gasteiger partial charge in [0.25, 0.3) is 0 Å². The largest absolute Gasteiger partial charge is 0.381 e. The molecule has 5 heteroatoms. The summed E-state index contributed by atoms with van der Waals surface area (Å²) in [5.74, 6) is 0.205. The highest BCUT2D eigenvalue weighted by Crippen LogP contribution is 2.29. The fourth-order valence-electron chi connectivity index (χ4n) is 3.06. The lowest BCUT2D eigenvalue weighted by atomic mass is 9.87. The van der Waals surface area contributed by atoms with E-state index >= 15 is 0 Å². The van der Waals surface area contributed by atoms with E-state index in [1.165, 1.54) is 6.08 Å². The Morgan fingerprint density at radius 3 is 2.76 bits per heavy atom. The minimum Gasteiger partial charge on any atom is -0.381 e. The molecule has 0 aliphatic carbocycles. The molecule has 1 amide bonds. The Kier molecular flexibility index (Phi) is 6.20. The summed E-state index contributed by atoms with van der Waals surface area (Å²) < 4.78 is 5.45. The van der Waals surface area contributed by atoms with Gasteiger partial charge in [0.2, 0.25) is 5.91 Å². The lowest BCUT2D eigenvalue weighted by Gasteiger charge is -2.30. The summed E-state index contributed by atoms with van der Waals surface area (Å²) in [6.07, 6.45) is 8.68. The summed E-state index contributed by atoms with van der Waals surface area (Å²) in [6, 6.07) is 11.3. The van der Waals surface area contributed by atoms with Gasteiger partial charge in [-0.2, -0.15) is 0 Å². The molecule has 1 atom stereocenters. The third kappa shape index (κ3) is 4.91. The van der Waals surface area contributed by atoms with Crippen molar-refractivity contribution in [1.82, 2.24) is 10.3 Å². The molecule has 2 heterocycles. The number of rotatable bonds is 5. The third-order valence-corrected chi connectivity index (χ3v) is 4.74. The molecule has 1 fully saturated rings. The molecule has 1 aliphatic heterocycles. The maximum atomic E-state index is 12.5. The average molecular weight is 357 g/mol. The number of amides is 1. The topological polar surface area (TPSA) is 51.2 Å². The third-order valence-electron chi connectivity index (χ3n) is 4.40. The number of pyridine rings is 1. The van der Waals surface area contributed by atoms with Crippen molar-refractivity contribution >= 4 is 23.6 Å². The van der Waals surface area contributed by atoms with Crippen LogP contribution in [0.3, 0.4) is 0 Å². The van der Waals surface area contributed by atoms with Crippen molar-refractivity contribution in [2.24, 2.45) is 5.92 Å². The van der Waals surface area contributed by atoms with Crippen LogP contribution in [-0.4, -0.2) is 24.1 Å². The van der Waals surface area contributed by atoms with Crippen LogP contribution in [0.15, 0.2) is 54.9 Å². The molecule has 0 radical (unpaired) electrons. The van der Waals surface area contributed by atoms with Gasteiger partial charge in [-0.05, 0) is 48.1 Å². The zero-order valence-electron chi connectivity index (χ0n) is 13.9. The van der Waals surface area contributed by atoms with Crippen LogP contribution in [0.2, 0.25) is 5.02 Å². The summed E-state index contributed by atoms with van der Waals surface area (Å²) in [7, 11) is 0. The first kappa shape index (κ1) is 17.6. The molecule has 3 rings (SSSR count). The highest BCUT2D eigenvalue weighted by molar-refractivity contribution is 6.32. The van der Waals surface area contributed by atoms with Crippen LogP contribution in [0.25, 0.3) is 6.08 Å². The number of carbonyl (C=O) groups excluding carboxylic acids is 1. The molecule has 1 aromatic heterocycles. The van der Waals surface area contributed by atoms with Gasteiger partial charge >= 0.3 is 0 Å². The second-order valence-corrected chi connectivity index (χ2v) is 6.48. The SMILES string of the molecule is O=C(/C=C/c1ccccc1Cl)NC(c1cccnc1)C1CCOCC1. The van der Waals surface area contributed by atoms with Crippen LogP contribution in [0.5, 0.6) is 0 Å². The molecule has 1 aliphatic rings. The predicted molar refractivity (Wildman–Crippen MR) is 99.1 cm³/mol. The van der Waals surface area contributed by atoms with Gasteiger partial charge in [-0.15, -0.1) is 0 Å². The Morgan fingerprint density at radius 1 is 1.24 bits per heavy atom. The molecule has 4 nitrogen and oxygen atoms in total. The van der Waals surface area contributed by atoms with Crippen molar-refractivity contribution in [3.63, 3.8) is 0 Å². The normalized spacial score (nSPS) is 16.7. The minimum atomic E-state index is -0.139. The maximum Gasteiger partial charge on any atom is 0.244 e.